The van der Waals surface area contributed by atoms with Crippen molar-refractivity contribution in [3.05, 3.63) is 59.0 Å². The summed E-state index contributed by atoms with van der Waals surface area (Å²) in [7, 11) is 3.35. The molecule has 1 heterocycles. The maximum atomic E-state index is 13.5. The first kappa shape index (κ1) is 22.0. The van der Waals surface area contributed by atoms with E-state index in [2.05, 4.69) is 20.6 Å². The molecule has 0 amide bonds. The number of pyridine rings is 1. The van der Waals surface area contributed by atoms with Gasteiger partial charge in [-0.1, -0.05) is 12.1 Å². The van der Waals surface area contributed by atoms with Crippen LogP contribution in [0.1, 0.15) is 16.7 Å². The molecule has 1 aromatic heterocycles. The van der Waals surface area contributed by atoms with E-state index in [1.807, 2.05) is 24.5 Å². The summed E-state index contributed by atoms with van der Waals surface area (Å²) in [4.78, 5) is 8.51. The summed E-state index contributed by atoms with van der Waals surface area (Å²) in [5.74, 6) is 1.80. The van der Waals surface area contributed by atoms with Crippen LogP contribution in [-0.4, -0.2) is 44.6 Å². The fraction of sp³-hybridized carbons (Fsp3) is 0.400. The standard InChI is InChI=1S/C20H27FN4O2S/c1-22-20(25-13-16-5-6-18(21)10-17(16)14-28-3)24-12-15-4-7-19(23-11-15)27-9-8-26-2/h4-7,10-11H,8-9,12-14H2,1-3H3,(H2,22,24,25). The molecule has 0 unspecified atom stereocenters. The summed E-state index contributed by atoms with van der Waals surface area (Å²) in [5, 5.41) is 6.52. The summed E-state index contributed by atoms with van der Waals surface area (Å²) in [6.07, 6.45) is 3.77. The predicted molar refractivity (Wildman–Crippen MR) is 112 cm³/mol. The molecule has 0 saturated heterocycles. The van der Waals surface area contributed by atoms with E-state index in [9.17, 15) is 4.39 Å². The molecule has 0 aliphatic heterocycles. The molecule has 0 bridgehead atoms. The molecule has 0 atom stereocenters. The van der Waals surface area contributed by atoms with Crippen molar-refractivity contribution in [3.8, 4) is 5.88 Å². The second-order valence-corrected chi connectivity index (χ2v) is 6.84. The summed E-state index contributed by atoms with van der Waals surface area (Å²) >= 11 is 1.67. The van der Waals surface area contributed by atoms with E-state index in [1.165, 1.54) is 6.07 Å². The number of guanidine groups is 1. The van der Waals surface area contributed by atoms with Crippen LogP contribution in [0.3, 0.4) is 0 Å². The molecular weight excluding hydrogens is 379 g/mol. The maximum Gasteiger partial charge on any atom is 0.213 e. The molecule has 0 aliphatic rings. The molecule has 0 aliphatic carbocycles. The SMILES string of the molecule is CN=C(NCc1ccc(OCCOC)nc1)NCc1ccc(F)cc1CSC. The Morgan fingerprint density at radius 2 is 1.96 bits per heavy atom. The highest BCUT2D eigenvalue weighted by Crippen LogP contribution is 2.16. The molecule has 2 aromatic rings. The van der Waals surface area contributed by atoms with Gasteiger partial charge >= 0.3 is 0 Å². The molecule has 0 radical (unpaired) electrons. The number of benzene rings is 1. The van der Waals surface area contributed by atoms with E-state index in [0.717, 1.165) is 22.4 Å². The number of halogens is 1. The Kier molecular flexibility index (Phi) is 9.57. The van der Waals surface area contributed by atoms with Gasteiger partial charge in [0.25, 0.3) is 0 Å². The highest BCUT2D eigenvalue weighted by Gasteiger charge is 2.06. The molecule has 1 aromatic carbocycles. The third-order valence-electron chi connectivity index (χ3n) is 3.93. The number of methoxy groups -OCH3 is 1. The second kappa shape index (κ2) is 12.2. The molecule has 0 fully saturated rings. The zero-order chi connectivity index (χ0) is 20.2. The van der Waals surface area contributed by atoms with Crippen LogP contribution >= 0.6 is 11.8 Å². The summed E-state index contributed by atoms with van der Waals surface area (Å²) in [6, 6.07) is 8.67. The van der Waals surface area contributed by atoms with E-state index in [-0.39, 0.29) is 5.82 Å². The van der Waals surface area contributed by atoms with E-state index in [4.69, 9.17) is 9.47 Å². The van der Waals surface area contributed by atoms with Gasteiger partial charge < -0.3 is 20.1 Å². The zero-order valence-electron chi connectivity index (χ0n) is 16.5. The minimum absolute atomic E-state index is 0.211. The molecule has 152 valence electrons. The molecule has 0 spiro atoms. The minimum Gasteiger partial charge on any atom is -0.475 e. The lowest BCUT2D eigenvalue weighted by atomic mass is 10.1. The Morgan fingerprint density at radius 1 is 1.14 bits per heavy atom. The summed E-state index contributed by atoms with van der Waals surface area (Å²) < 4.78 is 23.9. The van der Waals surface area contributed by atoms with Gasteiger partial charge in [0.2, 0.25) is 5.88 Å². The zero-order valence-corrected chi connectivity index (χ0v) is 17.3. The van der Waals surface area contributed by atoms with Crippen LogP contribution in [-0.2, 0) is 23.6 Å². The van der Waals surface area contributed by atoms with Gasteiger partial charge in [0.1, 0.15) is 12.4 Å². The maximum absolute atomic E-state index is 13.5. The van der Waals surface area contributed by atoms with Gasteiger partial charge in [-0.25, -0.2) is 9.37 Å². The highest BCUT2D eigenvalue weighted by atomic mass is 32.2. The second-order valence-electron chi connectivity index (χ2n) is 5.97. The molecular formula is C20H27FN4O2S. The van der Waals surface area contributed by atoms with Gasteiger partial charge in [0.05, 0.1) is 6.61 Å². The summed E-state index contributed by atoms with van der Waals surface area (Å²) in [6.45, 7) is 2.14. The first-order valence-electron chi connectivity index (χ1n) is 8.93. The number of aliphatic imine (C=N–C) groups is 1. The van der Waals surface area contributed by atoms with Gasteiger partial charge in [-0.05, 0) is 35.1 Å². The Hall–Kier alpha value is -2.32. The van der Waals surface area contributed by atoms with Crippen LogP contribution in [0.2, 0.25) is 0 Å². The Bertz CT molecular complexity index is 756. The lowest BCUT2D eigenvalue weighted by Gasteiger charge is -2.14. The number of nitrogens with one attached hydrogen (secondary N) is 2. The average molecular weight is 407 g/mol. The third-order valence-corrected chi connectivity index (χ3v) is 4.53. The van der Waals surface area contributed by atoms with Crippen LogP contribution in [0.5, 0.6) is 5.88 Å². The minimum atomic E-state index is -0.211. The van der Waals surface area contributed by atoms with Crippen LogP contribution in [0.4, 0.5) is 4.39 Å². The average Bonchev–Trinajstić information content (AvgIpc) is 2.71. The van der Waals surface area contributed by atoms with E-state index in [1.54, 1.807) is 38.2 Å². The Morgan fingerprint density at radius 3 is 2.64 bits per heavy atom. The Labute approximate surface area is 170 Å². The molecule has 2 N–H and O–H groups in total. The van der Waals surface area contributed by atoms with Gasteiger partial charge in [-0.15, -0.1) is 0 Å². The predicted octanol–water partition coefficient (Wildman–Crippen LogP) is 2.97. The van der Waals surface area contributed by atoms with E-state index in [0.29, 0.717) is 38.1 Å². The summed E-state index contributed by atoms with van der Waals surface area (Å²) in [5.41, 5.74) is 3.05. The number of aromatic nitrogens is 1. The number of ether oxygens (including phenoxy) is 2. The van der Waals surface area contributed by atoms with Crippen LogP contribution in [0, 0.1) is 5.82 Å². The molecule has 0 saturated carbocycles. The van der Waals surface area contributed by atoms with Crippen molar-refractivity contribution in [3.63, 3.8) is 0 Å². The fourth-order valence-electron chi connectivity index (χ4n) is 2.47. The van der Waals surface area contributed by atoms with Crippen molar-refractivity contribution in [2.75, 3.05) is 33.6 Å². The van der Waals surface area contributed by atoms with Crippen molar-refractivity contribution in [2.24, 2.45) is 4.99 Å². The van der Waals surface area contributed by atoms with E-state index >= 15 is 0 Å². The monoisotopic (exact) mass is 406 g/mol. The normalized spacial score (nSPS) is 11.4. The van der Waals surface area contributed by atoms with Gasteiger partial charge in [0.15, 0.2) is 5.96 Å². The number of nitrogens with zero attached hydrogens (tertiary/aromatic N) is 2. The van der Waals surface area contributed by atoms with Crippen molar-refractivity contribution in [1.29, 1.82) is 0 Å². The number of hydrogen-bond acceptors (Lipinski definition) is 5. The first-order valence-corrected chi connectivity index (χ1v) is 10.3. The molecule has 2 rings (SSSR count). The smallest absolute Gasteiger partial charge is 0.213 e. The number of thioether (sulfide) groups is 1. The van der Waals surface area contributed by atoms with Crippen LogP contribution in [0.25, 0.3) is 0 Å². The molecule has 6 nitrogen and oxygen atoms in total. The number of hydrogen-bond donors (Lipinski definition) is 2. The highest BCUT2D eigenvalue weighted by molar-refractivity contribution is 7.97. The quantitative estimate of drug-likeness (QED) is 0.359. The largest absolute Gasteiger partial charge is 0.475 e. The van der Waals surface area contributed by atoms with Crippen molar-refractivity contribution >= 4 is 17.7 Å². The van der Waals surface area contributed by atoms with Crippen molar-refractivity contribution < 1.29 is 13.9 Å². The number of rotatable bonds is 10. The lowest BCUT2D eigenvalue weighted by Crippen LogP contribution is -2.36. The first-order chi connectivity index (χ1) is 13.7. The molecule has 28 heavy (non-hydrogen) atoms. The Balaban J connectivity index is 1.85. The van der Waals surface area contributed by atoms with E-state index < -0.39 is 0 Å². The topological polar surface area (TPSA) is 67.8 Å². The molecule has 8 heteroatoms. The third kappa shape index (κ3) is 7.36. The fourth-order valence-corrected chi connectivity index (χ4v) is 3.05. The van der Waals surface area contributed by atoms with Crippen molar-refractivity contribution in [2.45, 2.75) is 18.8 Å². The van der Waals surface area contributed by atoms with Crippen LogP contribution < -0.4 is 15.4 Å². The van der Waals surface area contributed by atoms with Gasteiger partial charge in [-0.3, -0.25) is 4.99 Å². The van der Waals surface area contributed by atoms with Gasteiger partial charge in [-0.2, -0.15) is 11.8 Å². The van der Waals surface area contributed by atoms with Gasteiger partial charge in [0, 0.05) is 45.3 Å². The van der Waals surface area contributed by atoms with Crippen molar-refractivity contribution in [1.82, 2.24) is 15.6 Å². The lowest BCUT2D eigenvalue weighted by molar-refractivity contribution is 0.143. The van der Waals surface area contributed by atoms with Crippen LogP contribution in [0.15, 0.2) is 41.5 Å².